The molecule has 0 spiro atoms. The van der Waals surface area contributed by atoms with Crippen molar-refractivity contribution in [3.05, 3.63) is 50.7 Å². The fourth-order valence-corrected chi connectivity index (χ4v) is 2.31. The predicted octanol–water partition coefficient (Wildman–Crippen LogP) is 1.47. The van der Waals surface area contributed by atoms with Crippen molar-refractivity contribution in [2.45, 2.75) is 0 Å². The summed E-state index contributed by atoms with van der Waals surface area (Å²) in [5.41, 5.74) is 13.7. The highest BCUT2D eigenvalue weighted by atomic mass is 16.5. The van der Waals surface area contributed by atoms with Gasteiger partial charge in [0.1, 0.15) is 11.1 Å². The van der Waals surface area contributed by atoms with Crippen LogP contribution in [-0.2, 0) is 14.2 Å². The number of nitrogens with two attached hydrogens (primary N) is 1. The number of hydrogen-bond donors (Lipinski definition) is 2. The maximum Gasteiger partial charge on any atom is 0.349 e. The molecule has 1 aromatic carbocycles. The van der Waals surface area contributed by atoms with Crippen molar-refractivity contribution < 1.29 is 23.4 Å². The number of anilines is 1. The number of nitrogens with one attached hydrogen (secondary N) is 1. The van der Waals surface area contributed by atoms with E-state index >= 15 is 0 Å². The van der Waals surface area contributed by atoms with Crippen LogP contribution in [0.4, 0.5) is 5.69 Å². The van der Waals surface area contributed by atoms with Crippen LogP contribution in [0.1, 0.15) is 10.4 Å². The average molecular weight is 405 g/mol. The lowest BCUT2D eigenvalue weighted by Crippen LogP contribution is -2.31. The standard InChI is InChI=1S/C18H23N5O6/c19-14-2-1-13-11-15(18(25)29-16(13)12-14)17(24)21-3-5-26-7-9-28-10-8-27-6-4-22-23-20/h1-2,11-12H,3-10,19H2,(H,21,24). The number of rotatable bonds is 13. The molecule has 11 nitrogen and oxygen atoms in total. The van der Waals surface area contributed by atoms with E-state index in [0.29, 0.717) is 56.2 Å². The van der Waals surface area contributed by atoms with Crippen LogP contribution in [0, 0.1) is 0 Å². The van der Waals surface area contributed by atoms with E-state index in [-0.39, 0.29) is 18.7 Å². The van der Waals surface area contributed by atoms with Gasteiger partial charge < -0.3 is 29.7 Å². The van der Waals surface area contributed by atoms with Crippen LogP contribution < -0.4 is 16.7 Å². The van der Waals surface area contributed by atoms with Gasteiger partial charge in [-0.2, -0.15) is 0 Å². The van der Waals surface area contributed by atoms with Crippen molar-refractivity contribution in [3.8, 4) is 0 Å². The van der Waals surface area contributed by atoms with Gasteiger partial charge in [0.05, 0.1) is 39.6 Å². The van der Waals surface area contributed by atoms with Crippen LogP contribution in [0.25, 0.3) is 21.4 Å². The van der Waals surface area contributed by atoms with Gasteiger partial charge in [-0.05, 0) is 23.7 Å². The molecule has 2 rings (SSSR count). The molecule has 0 bridgehead atoms. The summed E-state index contributed by atoms with van der Waals surface area (Å²) in [5, 5.41) is 6.56. The highest BCUT2D eigenvalue weighted by molar-refractivity contribution is 5.96. The van der Waals surface area contributed by atoms with E-state index in [0.717, 1.165) is 0 Å². The second-order valence-corrected chi connectivity index (χ2v) is 5.79. The lowest BCUT2D eigenvalue weighted by Gasteiger charge is -2.08. The van der Waals surface area contributed by atoms with Gasteiger partial charge in [-0.25, -0.2) is 4.79 Å². The Labute approximate surface area is 166 Å². The van der Waals surface area contributed by atoms with Gasteiger partial charge in [0.2, 0.25) is 0 Å². The number of ether oxygens (including phenoxy) is 3. The smallest absolute Gasteiger partial charge is 0.349 e. The minimum atomic E-state index is -0.725. The molecule has 0 atom stereocenters. The maximum atomic E-state index is 12.2. The van der Waals surface area contributed by atoms with Gasteiger partial charge in [0.15, 0.2) is 0 Å². The Morgan fingerprint density at radius 2 is 1.79 bits per heavy atom. The largest absolute Gasteiger partial charge is 0.422 e. The summed E-state index contributed by atoms with van der Waals surface area (Å²) in [7, 11) is 0. The number of amides is 1. The first kappa shape index (κ1) is 22.2. The highest BCUT2D eigenvalue weighted by Gasteiger charge is 2.13. The number of hydrogen-bond acceptors (Lipinski definition) is 8. The SMILES string of the molecule is [N-]=[N+]=NCCOCCOCCOCCNC(=O)c1cc2ccc(N)cc2oc1=O. The van der Waals surface area contributed by atoms with Crippen LogP contribution in [0.2, 0.25) is 0 Å². The normalized spacial score (nSPS) is 10.6. The predicted molar refractivity (Wildman–Crippen MR) is 106 cm³/mol. The van der Waals surface area contributed by atoms with Crippen molar-refractivity contribution in [2.24, 2.45) is 5.11 Å². The van der Waals surface area contributed by atoms with Gasteiger partial charge in [0.25, 0.3) is 5.91 Å². The fraction of sp³-hybridized carbons (Fsp3) is 0.444. The molecule has 1 aromatic heterocycles. The third-order valence-corrected chi connectivity index (χ3v) is 3.68. The molecule has 0 aliphatic rings. The number of azide groups is 1. The van der Waals surface area contributed by atoms with Gasteiger partial charge in [-0.15, -0.1) is 0 Å². The van der Waals surface area contributed by atoms with Gasteiger partial charge >= 0.3 is 5.63 Å². The zero-order chi connectivity index (χ0) is 20.9. The lowest BCUT2D eigenvalue weighted by molar-refractivity contribution is 0.0166. The highest BCUT2D eigenvalue weighted by Crippen LogP contribution is 2.16. The molecule has 1 heterocycles. The number of benzene rings is 1. The summed E-state index contributed by atoms with van der Waals surface area (Å²) in [4.78, 5) is 26.7. The molecule has 11 heteroatoms. The molecule has 0 saturated carbocycles. The van der Waals surface area contributed by atoms with E-state index in [1.807, 2.05) is 0 Å². The first-order valence-electron chi connectivity index (χ1n) is 8.97. The van der Waals surface area contributed by atoms with Crippen molar-refractivity contribution in [2.75, 3.05) is 58.5 Å². The molecule has 2 aromatic rings. The summed E-state index contributed by atoms with van der Waals surface area (Å²) in [6.45, 7) is 2.69. The quantitative estimate of drug-likeness (QED) is 0.127. The molecule has 0 saturated heterocycles. The summed E-state index contributed by atoms with van der Waals surface area (Å²) in [6.07, 6.45) is 0. The lowest BCUT2D eigenvalue weighted by atomic mass is 10.1. The molecular weight excluding hydrogens is 382 g/mol. The second-order valence-electron chi connectivity index (χ2n) is 5.79. The van der Waals surface area contributed by atoms with Crippen LogP contribution in [0.5, 0.6) is 0 Å². The molecular formula is C18H23N5O6. The van der Waals surface area contributed by atoms with Gasteiger partial charge in [-0.1, -0.05) is 5.11 Å². The zero-order valence-corrected chi connectivity index (χ0v) is 15.8. The summed E-state index contributed by atoms with van der Waals surface area (Å²) in [5.74, 6) is -0.532. The van der Waals surface area contributed by atoms with Gasteiger partial charge in [-0.3, -0.25) is 4.79 Å². The number of carbonyl (C=O) groups is 1. The monoisotopic (exact) mass is 405 g/mol. The maximum absolute atomic E-state index is 12.2. The van der Waals surface area contributed by atoms with Crippen molar-refractivity contribution >= 4 is 22.6 Å². The Bertz CT molecular complexity index is 909. The number of nitrogens with zero attached hydrogens (tertiary/aromatic N) is 3. The average Bonchev–Trinajstić information content (AvgIpc) is 2.70. The minimum Gasteiger partial charge on any atom is -0.422 e. The van der Waals surface area contributed by atoms with E-state index in [4.69, 9.17) is 29.9 Å². The molecule has 3 N–H and O–H groups in total. The van der Waals surface area contributed by atoms with Crippen LogP contribution in [0.3, 0.4) is 0 Å². The first-order chi connectivity index (χ1) is 14.1. The Hall–Kier alpha value is -3.11. The van der Waals surface area contributed by atoms with E-state index < -0.39 is 11.5 Å². The number of fused-ring (bicyclic) bond motifs is 1. The summed E-state index contributed by atoms with van der Waals surface area (Å²) in [6, 6.07) is 6.34. The summed E-state index contributed by atoms with van der Waals surface area (Å²) < 4.78 is 21.0. The molecule has 29 heavy (non-hydrogen) atoms. The second kappa shape index (κ2) is 12.4. The molecule has 0 aliphatic carbocycles. The Morgan fingerprint density at radius 1 is 1.10 bits per heavy atom. The van der Waals surface area contributed by atoms with Crippen LogP contribution in [-0.4, -0.2) is 58.6 Å². The third kappa shape index (κ3) is 7.80. The number of nitrogen functional groups attached to an aromatic ring is 1. The van der Waals surface area contributed by atoms with Crippen LogP contribution >= 0.6 is 0 Å². The molecule has 156 valence electrons. The zero-order valence-electron chi connectivity index (χ0n) is 15.8. The fourth-order valence-electron chi connectivity index (χ4n) is 2.31. The van der Waals surface area contributed by atoms with E-state index in [1.54, 1.807) is 12.1 Å². The molecule has 0 fully saturated rings. The van der Waals surface area contributed by atoms with Crippen molar-refractivity contribution in [1.29, 1.82) is 0 Å². The molecule has 0 unspecified atom stereocenters. The van der Waals surface area contributed by atoms with E-state index in [9.17, 15) is 9.59 Å². The number of carbonyl (C=O) groups excluding carboxylic acids is 1. The Balaban J connectivity index is 1.59. The van der Waals surface area contributed by atoms with E-state index in [2.05, 4.69) is 15.3 Å². The Morgan fingerprint density at radius 3 is 2.52 bits per heavy atom. The first-order valence-corrected chi connectivity index (χ1v) is 8.97. The minimum absolute atomic E-state index is 0.0777. The van der Waals surface area contributed by atoms with Crippen LogP contribution in [0.15, 0.2) is 38.6 Å². The van der Waals surface area contributed by atoms with Crippen molar-refractivity contribution in [3.63, 3.8) is 0 Å². The molecule has 1 amide bonds. The Kier molecular flexibility index (Phi) is 9.46. The third-order valence-electron chi connectivity index (χ3n) is 3.68. The topological polar surface area (TPSA) is 162 Å². The van der Waals surface area contributed by atoms with Crippen molar-refractivity contribution in [1.82, 2.24) is 5.32 Å². The molecule has 0 radical (unpaired) electrons. The summed E-state index contributed by atoms with van der Waals surface area (Å²) >= 11 is 0. The molecule has 0 aliphatic heterocycles. The van der Waals surface area contributed by atoms with Gasteiger partial charge in [0, 0.05) is 35.1 Å². The van der Waals surface area contributed by atoms with E-state index in [1.165, 1.54) is 12.1 Å².